The summed E-state index contributed by atoms with van der Waals surface area (Å²) < 4.78 is 11.9. The molecule has 0 amide bonds. The van der Waals surface area contributed by atoms with Gasteiger partial charge in [0, 0.05) is 16.6 Å². The molecular weight excluding hydrogens is 400 g/mol. The highest BCUT2D eigenvalue weighted by Crippen LogP contribution is 2.26. The minimum atomic E-state index is -0.0807. The first-order valence-electron chi connectivity index (χ1n) is 8.32. The van der Waals surface area contributed by atoms with Gasteiger partial charge in [0.25, 0.3) is 0 Å². The van der Waals surface area contributed by atoms with E-state index < -0.39 is 0 Å². The monoisotopic (exact) mass is 420 g/mol. The molecule has 0 aliphatic heterocycles. The number of hydrogen-bond donors (Lipinski definition) is 2. The Balaban J connectivity index is 1.78. The van der Waals surface area contributed by atoms with Crippen molar-refractivity contribution in [3.05, 3.63) is 40.5 Å². The Bertz CT molecular complexity index is 834. The first kappa shape index (κ1) is 18.5. The van der Waals surface area contributed by atoms with Crippen molar-refractivity contribution in [1.29, 1.82) is 0 Å². The summed E-state index contributed by atoms with van der Waals surface area (Å²) in [5.41, 5.74) is 1.05. The number of benzene rings is 1. The van der Waals surface area contributed by atoms with Crippen LogP contribution in [-0.2, 0) is 6.54 Å². The van der Waals surface area contributed by atoms with E-state index in [2.05, 4.69) is 60.4 Å². The predicted octanol–water partition coefficient (Wildman–Crippen LogP) is 3.50. The molecule has 0 aliphatic rings. The van der Waals surface area contributed by atoms with Crippen LogP contribution >= 0.6 is 15.9 Å². The van der Waals surface area contributed by atoms with Gasteiger partial charge in [-0.1, -0.05) is 34.9 Å². The Kier molecular flexibility index (Phi) is 6.00. The first-order chi connectivity index (χ1) is 12.6. The van der Waals surface area contributed by atoms with Gasteiger partial charge in [0.1, 0.15) is 12.1 Å². The summed E-state index contributed by atoms with van der Waals surface area (Å²) in [6.45, 7) is 4.92. The number of aromatic amines is 1. The van der Waals surface area contributed by atoms with E-state index >= 15 is 0 Å². The van der Waals surface area contributed by atoms with Crippen LogP contribution in [0.2, 0.25) is 0 Å². The Labute approximate surface area is 159 Å². The lowest BCUT2D eigenvalue weighted by Gasteiger charge is -2.18. The second-order valence-electron chi connectivity index (χ2n) is 6.31. The molecule has 3 aromatic rings. The number of hydrogen-bond acceptors (Lipinski definition) is 7. The van der Waals surface area contributed by atoms with Crippen molar-refractivity contribution in [2.75, 3.05) is 7.11 Å². The van der Waals surface area contributed by atoms with Gasteiger partial charge < -0.3 is 14.6 Å². The van der Waals surface area contributed by atoms with Crippen molar-refractivity contribution in [3.63, 3.8) is 0 Å². The van der Waals surface area contributed by atoms with Gasteiger partial charge in [-0.2, -0.15) is 10.1 Å². The molecule has 0 radical (unpaired) electrons. The van der Waals surface area contributed by atoms with Crippen molar-refractivity contribution in [3.8, 4) is 17.4 Å². The average molecular weight is 421 g/mol. The molecule has 26 heavy (non-hydrogen) atoms. The number of rotatable bonds is 8. The summed E-state index contributed by atoms with van der Waals surface area (Å²) in [6.07, 6.45) is 2.27. The van der Waals surface area contributed by atoms with Crippen LogP contribution in [0.25, 0.3) is 11.6 Å². The topological polar surface area (TPSA) is 102 Å². The van der Waals surface area contributed by atoms with Gasteiger partial charge in [-0.05, 0) is 30.5 Å². The molecule has 2 N–H and O–H groups in total. The van der Waals surface area contributed by atoms with Gasteiger partial charge in [-0.15, -0.1) is 0 Å². The van der Waals surface area contributed by atoms with Crippen LogP contribution in [0.15, 0.2) is 33.5 Å². The molecule has 0 saturated heterocycles. The molecule has 0 fully saturated rings. The van der Waals surface area contributed by atoms with Crippen molar-refractivity contribution in [2.24, 2.45) is 5.92 Å². The molecular formula is C17H21BrN6O2. The molecule has 1 atom stereocenters. The lowest BCUT2D eigenvalue weighted by Crippen LogP contribution is -2.23. The lowest BCUT2D eigenvalue weighted by atomic mass is 10.0. The Morgan fingerprint density at radius 1 is 1.35 bits per heavy atom. The lowest BCUT2D eigenvalue weighted by molar-refractivity contribution is 0.302. The summed E-state index contributed by atoms with van der Waals surface area (Å²) in [6, 6.07) is 5.84. The van der Waals surface area contributed by atoms with Crippen LogP contribution in [0, 0.1) is 5.92 Å². The predicted molar refractivity (Wildman–Crippen MR) is 99.4 cm³/mol. The summed E-state index contributed by atoms with van der Waals surface area (Å²) >= 11 is 3.50. The molecule has 9 heteroatoms. The fraction of sp³-hybridized carbons (Fsp3) is 0.412. The van der Waals surface area contributed by atoms with E-state index in [1.165, 1.54) is 6.33 Å². The van der Waals surface area contributed by atoms with Gasteiger partial charge in [-0.3, -0.25) is 5.10 Å². The van der Waals surface area contributed by atoms with Crippen LogP contribution in [-0.4, -0.2) is 32.4 Å². The largest absolute Gasteiger partial charge is 0.496 e. The third kappa shape index (κ3) is 4.47. The molecule has 0 saturated carbocycles. The molecule has 138 valence electrons. The quantitative estimate of drug-likeness (QED) is 0.574. The number of nitrogens with zero attached hydrogens (tertiary/aromatic N) is 4. The van der Waals surface area contributed by atoms with Gasteiger partial charge in [0.15, 0.2) is 5.82 Å². The van der Waals surface area contributed by atoms with Crippen molar-refractivity contribution < 1.29 is 9.26 Å². The third-order valence-electron chi connectivity index (χ3n) is 3.86. The smallest absolute Gasteiger partial charge is 0.244 e. The maximum absolute atomic E-state index is 5.47. The van der Waals surface area contributed by atoms with Crippen LogP contribution in [0.3, 0.4) is 0 Å². The fourth-order valence-electron chi connectivity index (χ4n) is 2.65. The number of methoxy groups -OCH3 is 1. The Morgan fingerprint density at radius 3 is 2.88 bits per heavy atom. The molecule has 1 aromatic carbocycles. The summed E-state index contributed by atoms with van der Waals surface area (Å²) in [4.78, 5) is 8.52. The zero-order valence-corrected chi connectivity index (χ0v) is 16.4. The van der Waals surface area contributed by atoms with Gasteiger partial charge in [0.05, 0.1) is 13.2 Å². The number of halogens is 1. The van der Waals surface area contributed by atoms with Gasteiger partial charge in [0.2, 0.25) is 11.7 Å². The number of aromatic nitrogens is 5. The van der Waals surface area contributed by atoms with Gasteiger partial charge in [-0.25, -0.2) is 4.98 Å². The van der Waals surface area contributed by atoms with Crippen molar-refractivity contribution in [1.82, 2.24) is 30.6 Å². The molecule has 0 spiro atoms. The van der Waals surface area contributed by atoms with E-state index in [1.807, 2.05) is 18.2 Å². The molecule has 2 aromatic heterocycles. The Hall–Kier alpha value is -2.26. The van der Waals surface area contributed by atoms with E-state index in [-0.39, 0.29) is 6.04 Å². The summed E-state index contributed by atoms with van der Waals surface area (Å²) in [7, 11) is 1.67. The maximum Gasteiger partial charge on any atom is 0.244 e. The fourth-order valence-corrected chi connectivity index (χ4v) is 3.06. The summed E-state index contributed by atoms with van der Waals surface area (Å²) in [5, 5.41) is 14.0. The van der Waals surface area contributed by atoms with Crippen LogP contribution < -0.4 is 10.1 Å². The van der Waals surface area contributed by atoms with Crippen molar-refractivity contribution in [2.45, 2.75) is 32.9 Å². The van der Waals surface area contributed by atoms with Gasteiger partial charge >= 0.3 is 0 Å². The van der Waals surface area contributed by atoms with E-state index in [9.17, 15) is 0 Å². The normalized spacial score (nSPS) is 12.5. The Morgan fingerprint density at radius 2 is 2.19 bits per heavy atom. The minimum absolute atomic E-state index is 0.0807. The zero-order chi connectivity index (χ0) is 18.5. The molecule has 0 bridgehead atoms. The molecule has 0 aliphatic carbocycles. The second kappa shape index (κ2) is 8.41. The number of nitrogens with one attached hydrogen (secondary N) is 2. The van der Waals surface area contributed by atoms with Crippen molar-refractivity contribution >= 4 is 15.9 Å². The van der Waals surface area contributed by atoms with Crippen LogP contribution in [0.5, 0.6) is 5.75 Å². The first-order valence-corrected chi connectivity index (χ1v) is 9.11. The van der Waals surface area contributed by atoms with Crippen LogP contribution in [0.4, 0.5) is 0 Å². The van der Waals surface area contributed by atoms with E-state index in [0.29, 0.717) is 30.0 Å². The standard InChI is InChI=1S/C17H21BrN6O2/c1-10(2)6-13(17-22-16(24-26-17)15-20-9-21-23-15)19-8-11-7-12(18)4-5-14(11)25-3/h4-5,7,9-10,13,19H,6,8H2,1-3H3,(H,20,21,23)/t13-/m0/s1. The summed E-state index contributed by atoms with van der Waals surface area (Å²) in [5.74, 6) is 2.69. The van der Waals surface area contributed by atoms with Crippen LogP contribution in [0.1, 0.15) is 37.8 Å². The van der Waals surface area contributed by atoms with E-state index in [1.54, 1.807) is 7.11 Å². The molecule has 0 unspecified atom stereocenters. The minimum Gasteiger partial charge on any atom is -0.496 e. The average Bonchev–Trinajstić information content (AvgIpc) is 3.29. The molecule has 8 nitrogen and oxygen atoms in total. The van der Waals surface area contributed by atoms with E-state index in [0.717, 1.165) is 22.2 Å². The van der Waals surface area contributed by atoms with E-state index in [4.69, 9.17) is 9.26 Å². The highest BCUT2D eigenvalue weighted by molar-refractivity contribution is 9.10. The molecule has 2 heterocycles. The third-order valence-corrected chi connectivity index (χ3v) is 4.35. The zero-order valence-electron chi connectivity index (χ0n) is 14.9. The number of H-pyrrole nitrogens is 1. The highest BCUT2D eigenvalue weighted by atomic mass is 79.9. The number of ether oxygens (including phenoxy) is 1. The maximum atomic E-state index is 5.47. The second-order valence-corrected chi connectivity index (χ2v) is 7.23. The SMILES string of the molecule is COc1ccc(Br)cc1CN[C@@H](CC(C)C)c1nc(-c2ncn[nH]2)no1. The molecule has 3 rings (SSSR count). The highest BCUT2D eigenvalue weighted by Gasteiger charge is 2.22.